The molecule has 1 aromatic carbocycles. The monoisotopic (exact) mass is 287 g/mol. The maximum absolute atomic E-state index is 11.7. The van der Waals surface area contributed by atoms with Gasteiger partial charge >= 0.3 is 0 Å². The predicted molar refractivity (Wildman–Crippen MR) is 82.8 cm³/mol. The van der Waals surface area contributed by atoms with Gasteiger partial charge in [-0.2, -0.15) is 0 Å². The first-order valence-corrected chi connectivity index (χ1v) is 8.21. The SMILES string of the molecule is COc1ccc2c(c1)[C@@]13CCCCC1(O)[C@@H](C2)N(C)CC3. The lowest BCUT2D eigenvalue weighted by Gasteiger charge is -2.63. The molecule has 2 fully saturated rings. The summed E-state index contributed by atoms with van der Waals surface area (Å²) in [5, 5.41) is 11.7. The van der Waals surface area contributed by atoms with E-state index in [0.717, 1.165) is 44.4 Å². The molecule has 1 aromatic rings. The number of ether oxygens (including phenoxy) is 1. The standard InChI is InChI=1S/C18H25NO2/c1-19-10-9-17-7-3-4-8-18(17,20)16(19)11-13-5-6-14(21-2)12-15(13)17/h5-6,12,16,20H,3-4,7-11H2,1-2H3/t16-,17+,18?/m1/s1. The molecule has 3 heteroatoms. The van der Waals surface area contributed by atoms with Gasteiger partial charge in [0.25, 0.3) is 0 Å². The van der Waals surface area contributed by atoms with Crippen molar-refractivity contribution in [2.24, 2.45) is 0 Å². The Labute approximate surface area is 126 Å². The highest BCUT2D eigenvalue weighted by atomic mass is 16.5. The van der Waals surface area contributed by atoms with Crippen LogP contribution in [0.3, 0.4) is 0 Å². The maximum atomic E-state index is 11.7. The van der Waals surface area contributed by atoms with Gasteiger partial charge in [-0.1, -0.05) is 18.9 Å². The largest absolute Gasteiger partial charge is 0.497 e. The first-order chi connectivity index (χ1) is 10.1. The molecule has 3 atom stereocenters. The third-order valence-electron chi connectivity index (χ3n) is 6.46. The fraction of sp³-hybridized carbons (Fsp3) is 0.667. The number of piperidine rings is 1. The van der Waals surface area contributed by atoms with Crippen molar-refractivity contribution in [3.05, 3.63) is 29.3 Å². The molecular formula is C18H25NO2. The molecule has 3 aliphatic rings. The second-order valence-electron chi connectivity index (χ2n) is 7.19. The van der Waals surface area contributed by atoms with Crippen LogP contribution in [0.5, 0.6) is 5.75 Å². The topological polar surface area (TPSA) is 32.7 Å². The lowest BCUT2D eigenvalue weighted by molar-refractivity contribution is -0.160. The number of likely N-dealkylation sites (N-methyl/N-ethyl adjacent to an activating group) is 1. The molecule has 21 heavy (non-hydrogen) atoms. The molecule has 0 radical (unpaired) electrons. The minimum atomic E-state index is -0.558. The van der Waals surface area contributed by atoms with E-state index in [9.17, 15) is 5.11 Å². The minimum Gasteiger partial charge on any atom is -0.497 e. The van der Waals surface area contributed by atoms with E-state index in [2.05, 4.69) is 30.1 Å². The van der Waals surface area contributed by atoms with Crippen molar-refractivity contribution < 1.29 is 9.84 Å². The number of nitrogens with zero attached hydrogens (tertiary/aromatic N) is 1. The Morgan fingerprint density at radius 2 is 2.05 bits per heavy atom. The van der Waals surface area contributed by atoms with Crippen LogP contribution in [0.2, 0.25) is 0 Å². The van der Waals surface area contributed by atoms with Gasteiger partial charge in [-0.3, -0.25) is 0 Å². The number of rotatable bonds is 1. The molecular weight excluding hydrogens is 262 g/mol. The lowest BCUT2D eigenvalue weighted by atomic mass is 9.49. The van der Waals surface area contributed by atoms with Crippen LogP contribution in [-0.4, -0.2) is 42.4 Å². The van der Waals surface area contributed by atoms with Gasteiger partial charge in [0, 0.05) is 11.5 Å². The molecule has 2 aliphatic carbocycles. The Bertz CT molecular complexity index is 572. The van der Waals surface area contributed by atoms with Crippen molar-refractivity contribution in [2.75, 3.05) is 20.7 Å². The number of likely N-dealkylation sites (tertiary alicyclic amines) is 1. The van der Waals surface area contributed by atoms with Crippen molar-refractivity contribution in [1.29, 1.82) is 0 Å². The quantitative estimate of drug-likeness (QED) is 0.861. The summed E-state index contributed by atoms with van der Waals surface area (Å²) >= 11 is 0. The van der Waals surface area contributed by atoms with Gasteiger partial charge in [0.05, 0.1) is 12.7 Å². The number of methoxy groups -OCH3 is 1. The molecule has 1 N–H and O–H groups in total. The Hall–Kier alpha value is -1.06. The highest BCUT2D eigenvalue weighted by Crippen LogP contribution is 2.58. The smallest absolute Gasteiger partial charge is 0.119 e. The first-order valence-electron chi connectivity index (χ1n) is 8.21. The molecule has 114 valence electrons. The van der Waals surface area contributed by atoms with Crippen LogP contribution in [-0.2, 0) is 11.8 Å². The zero-order valence-electron chi connectivity index (χ0n) is 13.1. The van der Waals surface area contributed by atoms with Crippen LogP contribution in [0.4, 0.5) is 0 Å². The molecule has 1 unspecified atom stereocenters. The summed E-state index contributed by atoms with van der Waals surface area (Å²) in [6.07, 6.45) is 6.48. The Morgan fingerprint density at radius 3 is 2.86 bits per heavy atom. The fourth-order valence-corrected chi connectivity index (χ4v) is 5.33. The highest BCUT2D eigenvalue weighted by molar-refractivity contribution is 5.48. The summed E-state index contributed by atoms with van der Waals surface area (Å²) in [7, 11) is 3.91. The van der Waals surface area contributed by atoms with Crippen molar-refractivity contribution in [3.8, 4) is 5.75 Å². The molecule has 1 saturated carbocycles. The van der Waals surface area contributed by atoms with E-state index in [4.69, 9.17) is 4.74 Å². The van der Waals surface area contributed by atoms with Crippen molar-refractivity contribution in [1.82, 2.24) is 4.90 Å². The normalized spacial score (nSPS) is 38.5. The second-order valence-corrected chi connectivity index (χ2v) is 7.19. The van der Waals surface area contributed by atoms with Crippen LogP contribution in [0, 0.1) is 0 Å². The van der Waals surface area contributed by atoms with E-state index in [0.29, 0.717) is 0 Å². The minimum absolute atomic E-state index is 0.0510. The molecule has 2 bridgehead atoms. The molecule has 1 heterocycles. The molecule has 1 saturated heterocycles. The summed E-state index contributed by atoms with van der Waals surface area (Å²) in [5.41, 5.74) is 2.18. The van der Waals surface area contributed by atoms with Crippen molar-refractivity contribution >= 4 is 0 Å². The number of benzene rings is 1. The average Bonchev–Trinajstić information content (AvgIpc) is 2.50. The molecule has 4 rings (SSSR count). The molecule has 1 aliphatic heterocycles. The maximum Gasteiger partial charge on any atom is 0.119 e. The summed E-state index contributed by atoms with van der Waals surface area (Å²) in [5.74, 6) is 0.924. The van der Waals surface area contributed by atoms with Gasteiger partial charge in [-0.25, -0.2) is 0 Å². The molecule has 3 nitrogen and oxygen atoms in total. The van der Waals surface area contributed by atoms with Crippen LogP contribution < -0.4 is 4.74 Å². The predicted octanol–water partition coefficient (Wildman–Crippen LogP) is 2.50. The van der Waals surface area contributed by atoms with E-state index < -0.39 is 5.60 Å². The number of hydrogen-bond acceptors (Lipinski definition) is 3. The highest BCUT2D eigenvalue weighted by Gasteiger charge is 2.62. The van der Waals surface area contributed by atoms with Crippen LogP contribution in [0.25, 0.3) is 0 Å². The number of fused-ring (bicyclic) bond motifs is 1. The summed E-state index contributed by atoms with van der Waals surface area (Å²) in [6.45, 7) is 1.09. The van der Waals surface area contributed by atoms with Crippen molar-refractivity contribution in [2.45, 2.75) is 55.6 Å². The Morgan fingerprint density at radius 1 is 1.24 bits per heavy atom. The fourth-order valence-electron chi connectivity index (χ4n) is 5.33. The average molecular weight is 287 g/mol. The van der Waals surface area contributed by atoms with E-state index in [1.165, 1.54) is 17.5 Å². The van der Waals surface area contributed by atoms with Crippen LogP contribution in [0.15, 0.2) is 18.2 Å². The summed E-state index contributed by atoms with van der Waals surface area (Å²) in [6, 6.07) is 6.76. The van der Waals surface area contributed by atoms with E-state index >= 15 is 0 Å². The Balaban J connectivity index is 1.94. The van der Waals surface area contributed by atoms with E-state index in [-0.39, 0.29) is 11.5 Å². The molecule has 0 amide bonds. The molecule has 0 aromatic heterocycles. The second kappa shape index (κ2) is 4.47. The molecule has 0 spiro atoms. The van der Waals surface area contributed by atoms with Gasteiger partial charge in [0.2, 0.25) is 0 Å². The van der Waals surface area contributed by atoms with Crippen LogP contribution >= 0.6 is 0 Å². The van der Waals surface area contributed by atoms with E-state index in [1.807, 2.05) is 0 Å². The lowest BCUT2D eigenvalue weighted by Crippen LogP contribution is -2.71. The zero-order chi connectivity index (χ0) is 14.7. The van der Waals surface area contributed by atoms with Crippen molar-refractivity contribution in [3.63, 3.8) is 0 Å². The first kappa shape index (κ1) is 13.6. The van der Waals surface area contributed by atoms with E-state index in [1.54, 1.807) is 7.11 Å². The van der Waals surface area contributed by atoms with Gasteiger partial charge in [0.1, 0.15) is 5.75 Å². The number of hydrogen-bond donors (Lipinski definition) is 1. The Kier molecular flexibility index (Phi) is 2.89. The summed E-state index contributed by atoms with van der Waals surface area (Å²) < 4.78 is 5.46. The van der Waals surface area contributed by atoms with Crippen LogP contribution in [0.1, 0.15) is 43.2 Å². The van der Waals surface area contributed by atoms with Gasteiger partial charge in [-0.05, 0) is 62.5 Å². The van der Waals surface area contributed by atoms with Gasteiger partial charge in [-0.15, -0.1) is 0 Å². The third-order valence-corrected chi connectivity index (χ3v) is 6.46. The van der Waals surface area contributed by atoms with Gasteiger partial charge in [0.15, 0.2) is 0 Å². The number of aliphatic hydroxyl groups is 1. The zero-order valence-corrected chi connectivity index (χ0v) is 13.1. The summed E-state index contributed by atoms with van der Waals surface area (Å²) in [4.78, 5) is 2.39. The third kappa shape index (κ3) is 1.62. The van der Waals surface area contributed by atoms with Gasteiger partial charge < -0.3 is 14.7 Å².